The number of ether oxygens (including phenoxy) is 2. The molecule has 0 aliphatic carbocycles. The molecular weight excluding hydrogens is 328 g/mol. The van der Waals surface area contributed by atoms with Gasteiger partial charge < -0.3 is 19.2 Å². The molecular formula is C17H20N2O4S. The number of rotatable bonds is 8. The third kappa shape index (κ3) is 6.02. The van der Waals surface area contributed by atoms with E-state index in [9.17, 15) is 4.79 Å². The van der Waals surface area contributed by atoms with Gasteiger partial charge in [-0.1, -0.05) is 6.07 Å². The van der Waals surface area contributed by atoms with E-state index in [2.05, 4.69) is 10.6 Å². The number of furan rings is 1. The topological polar surface area (TPSA) is 72.7 Å². The van der Waals surface area contributed by atoms with E-state index in [0.29, 0.717) is 37.7 Å². The standard InChI is InChI=1S/C17H20N2O4S/c1-2-21-9-10-23-14-6-3-5-13(11-14)16(20)19-17(24)18-12-15-7-4-8-22-15/h3-8,11H,2,9-10,12H2,1H3,(H2,18,19,20,24). The Balaban J connectivity index is 1.81. The fourth-order valence-corrected chi connectivity index (χ4v) is 2.05. The van der Waals surface area contributed by atoms with E-state index in [1.165, 1.54) is 0 Å². The van der Waals surface area contributed by atoms with E-state index < -0.39 is 0 Å². The van der Waals surface area contributed by atoms with Crippen LogP contribution in [0.15, 0.2) is 47.1 Å². The smallest absolute Gasteiger partial charge is 0.257 e. The summed E-state index contributed by atoms with van der Waals surface area (Å²) in [5, 5.41) is 5.76. The minimum absolute atomic E-state index is 0.235. The summed E-state index contributed by atoms with van der Waals surface area (Å²) in [6.07, 6.45) is 1.58. The lowest BCUT2D eigenvalue weighted by atomic mass is 10.2. The van der Waals surface area contributed by atoms with Gasteiger partial charge in [0, 0.05) is 12.2 Å². The number of nitrogens with one attached hydrogen (secondary N) is 2. The molecule has 2 N–H and O–H groups in total. The van der Waals surface area contributed by atoms with Crippen molar-refractivity contribution < 1.29 is 18.7 Å². The minimum Gasteiger partial charge on any atom is -0.491 e. The van der Waals surface area contributed by atoms with Crippen LogP contribution in [0.2, 0.25) is 0 Å². The number of hydrogen-bond acceptors (Lipinski definition) is 5. The fraction of sp³-hybridized carbons (Fsp3) is 0.294. The molecule has 1 aromatic heterocycles. The molecule has 0 bridgehead atoms. The van der Waals surface area contributed by atoms with Gasteiger partial charge in [0.05, 0.1) is 19.4 Å². The number of amides is 1. The van der Waals surface area contributed by atoms with Gasteiger partial charge in [-0.3, -0.25) is 10.1 Å². The van der Waals surface area contributed by atoms with Crippen LogP contribution in [0.1, 0.15) is 23.0 Å². The highest BCUT2D eigenvalue weighted by Crippen LogP contribution is 2.13. The van der Waals surface area contributed by atoms with Crippen molar-refractivity contribution in [3.63, 3.8) is 0 Å². The molecule has 1 aromatic carbocycles. The highest BCUT2D eigenvalue weighted by Gasteiger charge is 2.09. The van der Waals surface area contributed by atoms with Gasteiger partial charge in [0.15, 0.2) is 5.11 Å². The summed E-state index contributed by atoms with van der Waals surface area (Å²) in [5.41, 5.74) is 0.464. The van der Waals surface area contributed by atoms with Crippen molar-refractivity contribution in [1.82, 2.24) is 10.6 Å². The molecule has 0 fully saturated rings. The molecule has 0 unspecified atom stereocenters. The van der Waals surface area contributed by atoms with Crippen LogP contribution in [-0.2, 0) is 11.3 Å². The van der Waals surface area contributed by atoms with Gasteiger partial charge in [0.25, 0.3) is 5.91 Å². The molecule has 1 amide bonds. The summed E-state index contributed by atoms with van der Waals surface area (Å²) in [7, 11) is 0. The van der Waals surface area contributed by atoms with Crippen molar-refractivity contribution in [3.05, 3.63) is 54.0 Å². The minimum atomic E-state index is -0.304. The van der Waals surface area contributed by atoms with E-state index in [-0.39, 0.29) is 11.0 Å². The van der Waals surface area contributed by atoms with Gasteiger partial charge in [-0.15, -0.1) is 0 Å². The number of benzene rings is 1. The summed E-state index contributed by atoms with van der Waals surface area (Å²) in [4.78, 5) is 12.2. The van der Waals surface area contributed by atoms with Crippen molar-refractivity contribution in [3.8, 4) is 5.75 Å². The molecule has 6 nitrogen and oxygen atoms in total. The third-order valence-electron chi connectivity index (χ3n) is 3.03. The molecule has 1 heterocycles. The molecule has 0 saturated heterocycles. The first-order valence-corrected chi connectivity index (χ1v) is 8.02. The third-order valence-corrected chi connectivity index (χ3v) is 3.27. The molecule has 0 saturated carbocycles. The van der Waals surface area contributed by atoms with Crippen LogP contribution in [0.25, 0.3) is 0 Å². The maximum atomic E-state index is 12.2. The average Bonchev–Trinajstić information content (AvgIpc) is 3.11. The van der Waals surface area contributed by atoms with Crippen LogP contribution in [-0.4, -0.2) is 30.8 Å². The number of carbonyl (C=O) groups excluding carboxylic acids is 1. The quantitative estimate of drug-likeness (QED) is 0.564. The molecule has 0 aliphatic heterocycles. The lowest BCUT2D eigenvalue weighted by molar-refractivity contribution is 0.0975. The molecule has 0 aliphatic rings. The summed E-state index contributed by atoms with van der Waals surface area (Å²) in [5.74, 6) is 1.04. The lowest BCUT2D eigenvalue weighted by Crippen LogP contribution is -2.38. The summed E-state index contributed by atoms with van der Waals surface area (Å²) < 4.78 is 15.9. The van der Waals surface area contributed by atoms with Crippen LogP contribution in [0.3, 0.4) is 0 Å². The molecule has 24 heavy (non-hydrogen) atoms. The van der Waals surface area contributed by atoms with Gasteiger partial charge in [-0.05, 0) is 49.5 Å². The Hall–Kier alpha value is -2.38. The Morgan fingerprint density at radius 3 is 2.88 bits per heavy atom. The predicted molar refractivity (Wildman–Crippen MR) is 94.0 cm³/mol. The van der Waals surface area contributed by atoms with Crippen LogP contribution in [0.4, 0.5) is 0 Å². The van der Waals surface area contributed by atoms with Gasteiger partial charge in [-0.2, -0.15) is 0 Å². The van der Waals surface area contributed by atoms with Crippen LogP contribution in [0, 0.1) is 0 Å². The Bertz CT molecular complexity index is 658. The van der Waals surface area contributed by atoms with E-state index >= 15 is 0 Å². The number of thiocarbonyl (C=S) groups is 1. The molecule has 0 spiro atoms. The lowest BCUT2D eigenvalue weighted by Gasteiger charge is -2.10. The van der Waals surface area contributed by atoms with Crippen molar-refractivity contribution in [2.75, 3.05) is 19.8 Å². The zero-order valence-corrected chi connectivity index (χ0v) is 14.2. The van der Waals surface area contributed by atoms with Crippen LogP contribution in [0.5, 0.6) is 5.75 Å². The highest BCUT2D eigenvalue weighted by molar-refractivity contribution is 7.80. The largest absolute Gasteiger partial charge is 0.491 e. The Morgan fingerprint density at radius 1 is 1.25 bits per heavy atom. The van der Waals surface area contributed by atoms with Gasteiger partial charge in [-0.25, -0.2) is 0 Å². The Kier molecular flexibility index (Phi) is 7.25. The first-order chi connectivity index (χ1) is 11.7. The maximum absolute atomic E-state index is 12.2. The molecule has 0 radical (unpaired) electrons. The van der Waals surface area contributed by atoms with Gasteiger partial charge in [0.2, 0.25) is 0 Å². The Labute approximate surface area is 146 Å². The number of carbonyl (C=O) groups is 1. The van der Waals surface area contributed by atoms with Crippen molar-refractivity contribution in [2.24, 2.45) is 0 Å². The first-order valence-electron chi connectivity index (χ1n) is 7.61. The number of hydrogen-bond donors (Lipinski definition) is 2. The molecule has 7 heteroatoms. The second kappa shape index (κ2) is 9.69. The predicted octanol–water partition coefficient (Wildman–Crippen LogP) is 2.50. The van der Waals surface area contributed by atoms with Gasteiger partial charge >= 0.3 is 0 Å². The van der Waals surface area contributed by atoms with E-state index in [0.717, 1.165) is 5.76 Å². The molecule has 2 rings (SSSR count). The second-order valence-corrected chi connectivity index (χ2v) is 5.20. The van der Waals surface area contributed by atoms with Gasteiger partial charge in [0.1, 0.15) is 18.1 Å². The zero-order chi connectivity index (χ0) is 17.2. The fourth-order valence-electron chi connectivity index (χ4n) is 1.89. The molecule has 0 atom stereocenters. The van der Waals surface area contributed by atoms with Crippen molar-refractivity contribution in [2.45, 2.75) is 13.5 Å². The van der Waals surface area contributed by atoms with E-state index in [1.807, 2.05) is 13.0 Å². The Morgan fingerprint density at radius 2 is 2.12 bits per heavy atom. The van der Waals surface area contributed by atoms with E-state index in [1.54, 1.807) is 36.6 Å². The summed E-state index contributed by atoms with van der Waals surface area (Å²) in [6.45, 7) is 3.92. The van der Waals surface area contributed by atoms with E-state index in [4.69, 9.17) is 26.1 Å². The summed E-state index contributed by atoms with van der Waals surface area (Å²) in [6, 6.07) is 10.5. The van der Waals surface area contributed by atoms with Crippen LogP contribution >= 0.6 is 12.2 Å². The summed E-state index contributed by atoms with van der Waals surface area (Å²) >= 11 is 5.10. The molecule has 2 aromatic rings. The monoisotopic (exact) mass is 348 g/mol. The average molecular weight is 348 g/mol. The van der Waals surface area contributed by atoms with Crippen molar-refractivity contribution in [1.29, 1.82) is 0 Å². The molecule has 128 valence electrons. The normalized spacial score (nSPS) is 10.2. The second-order valence-electron chi connectivity index (χ2n) is 4.79. The zero-order valence-electron chi connectivity index (χ0n) is 13.4. The maximum Gasteiger partial charge on any atom is 0.257 e. The SMILES string of the molecule is CCOCCOc1cccc(C(=O)NC(=S)NCc2ccco2)c1. The highest BCUT2D eigenvalue weighted by atomic mass is 32.1. The first kappa shape index (κ1) is 18.0. The van der Waals surface area contributed by atoms with Crippen LogP contribution < -0.4 is 15.4 Å². The van der Waals surface area contributed by atoms with Crippen molar-refractivity contribution >= 4 is 23.2 Å².